The van der Waals surface area contributed by atoms with Crippen molar-refractivity contribution in [1.29, 1.82) is 0 Å². The van der Waals surface area contributed by atoms with Gasteiger partial charge in [-0.05, 0) is 18.2 Å². The Hall–Kier alpha value is -1.18. The van der Waals surface area contributed by atoms with Crippen LogP contribution in [0.25, 0.3) is 0 Å². The molecular weight excluding hydrogens is 214 g/mol. The molecule has 1 aromatic heterocycles. The van der Waals surface area contributed by atoms with Gasteiger partial charge in [-0.1, -0.05) is 0 Å². The third-order valence-electron chi connectivity index (χ3n) is 3.69. The predicted molar refractivity (Wildman–Crippen MR) is 49.2 cm³/mol. The lowest BCUT2D eigenvalue weighted by atomic mass is 9.81. The van der Waals surface area contributed by atoms with Crippen molar-refractivity contribution >= 4 is 0 Å². The van der Waals surface area contributed by atoms with E-state index >= 15 is 0 Å². The summed E-state index contributed by atoms with van der Waals surface area (Å²) in [5.74, 6) is 0. The highest BCUT2D eigenvalue weighted by Gasteiger charge is 2.58. The van der Waals surface area contributed by atoms with Gasteiger partial charge in [-0.2, -0.15) is 5.06 Å². The first-order valence-electron chi connectivity index (χ1n) is 5.32. The highest BCUT2D eigenvalue weighted by atomic mass is 16.8. The Labute approximate surface area is 91.4 Å². The number of rotatable bonds is 0. The largest absolute Gasteiger partial charge is 0.379 e. The molecule has 1 fully saturated rings. The Morgan fingerprint density at radius 2 is 2.44 bits per heavy atom. The van der Waals surface area contributed by atoms with E-state index in [-0.39, 0.29) is 11.7 Å². The molecule has 3 rings (SSSR count). The van der Waals surface area contributed by atoms with Crippen LogP contribution in [0.5, 0.6) is 0 Å². The van der Waals surface area contributed by atoms with Crippen molar-refractivity contribution in [1.82, 2.24) is 10.2 Å². The molecular formula is C9H13N3O4. The molecule has 2 heterocycles. The fourth-order valence-electron chi connectivity index (χ4n) is 2.91. The summed E-state index contributed by atoms with van der Waals surface area (Å²) in [6, 6.07) is -0.558. The van der Waals surface area contributed by atoms with Crippen molar-refractivity contribution in [2.75, 3.05) is 0 Å². The molecule has 3 atom stereocenters. The number of hydroxylamine groups is 2. The molecule has 2 N–H and O–H groups in total. The van der Waals surface area contributed by atoms with Crippen molar-refractivity contribution in [2.45, 2.75) is 43.9 Å². The Balaban J connectivity index is 2.11. The van der Waals surface area contributed by atoms with Crippen molar-refractivity contribution in [2.24, 2.45) is 0 Å². The molecule has 2 aliphatic rings. The summed E-state index contributed by atoms with van der Waals surface area (Å²) < 4.78 is 4.51. The number of hydrogen-bond donors (Lipinski definition) is 2. The molecule has 0 bridgehead atoms. The lowest BCUT2D eigenvalue weighted by Crippen LogP contribution is -2.47. The third kappa shape index (κ3) is 1.02. The van der Waals surface area contributed by atoms with Crippen LogP contribution in [0.15, 0.2) is 4.63 Å². The summed E-state index contributed by atoms with van der Waals surface area (Å²) >= 11 is 0. The second-order valence-electron chi connectivity index (χ2n) is 4.64. The van der Waals surface area contributed by atoms with Crippen LogP contribution in [0, 0.1) is 5.21 Å². The van der Waals surface area contributed by atoms with E-state index in [9.17, 15) is 15.5 Å². The van der Waals surface area contributed by atoms with Crippen molar-refractivity contribution in [3.8, 4) is 0 Å². The second-order valence-corrected chi connectivity index (χ2v) is 4.64. The number of aliphatic hydroxyl groups is 1. The molecule has 7 heteroatoms. The van der Waals surface area contributed by atoms with E-state index in [2.05, 4.69) is 9.79 Å². The zero-order chi connectivity index (χ0) is 11.5. The fourth-order valence-corrected chi connectivity index (χ4v) is 2.91. The van der Waals surface area contributed by atoms with E-state index in [0.29, 0.717) is 29.9 Å². The summed E-state index contributed by atoms with van der Waals surface area (Å²) in [6.45, 7) is 1.82. The number of hydrogen-bond acceptors (Lipinski definition) is 6. The van der Waals surface area contributed by atoms with E-state index in [1.165, 1.54) is 0 Å². The van der Waals surface area contributed by atoms with Gasteiger partial charge in [0.25, 0.3) is 5.69 Å². The van der Waals surface area contributed by atoms with Crippen LogP contribution in [-0.2, 0) is 12.0 Å². The molecule has 7 nitrogen and oxygen atoms in total. The average molecular weight is 227 g/mol. The molecule has 0 unspecified atom stereocenters. The van der Waals surface area contributed by atoms with Crippen molar-refractivity contribution in [3.63, 3.8) is 0 Å². The molecule has 0 radical (unpaired) electrons. The summed E-state index contributed by atoms with van der Waals surface area (Å²) in [5.41, 5.74) is -0.607. The molecule has 0 amide bonds. The number of aromatic nitrogens is 2. The van der Waals surface area contributed by atoms with Crippen LogP contribution < -0.4 is 4.90 Å². The van der Waals surface area contributed by atoms with E-state index < -0.39 is 11.6 Å². The standard InChI is InChI=1S/C9H13N3O4/c1-5-4-9(13)7(11(5)14)3-2-6-8(9)10-16-12(6)15/h5,7,13-14H,2-4H2,1H3/t5-,7+,9-/m1/s1. The van der Waals surface area contributed by atoms with Crippen LogP contribution in [-0.4, -0.2) is 32.6 Å². The quantitative estimate of drug-likeness (QED) is 0.568. The minimum absolute atomic E-state index is 0.155. The van der Waals surface area contributed by atoms with Crippen molar-refractivity contribution < 1.29 is 19.8 Å². The summed E-state index contributed by atoms with van der Waals surface area (Å²) in [4.78, 5) is 0.341. The summed E-state index contributed by atoms with van der Waals surface area (Å²) in [5, 5.41) is 36.4. The Morgan fingerprint density at radius 1 is 1.69 bits per heavy atom. The smallest absolute Gasteiger partial charge is 0.254 e. The van der Waals surface area contributed by atoms with Gasteiger partial charge in [0.15, 0.2) is 5.60 Å². The molecule has 88 valence electrons. The van der Waals surface area contributed by atoms with Gasteiger partial charge in [0.1, 0.15) is 0 Å². The van der Waals surface area contributed by atoms with E-state index in [0.717, 1.165) is 5.06 Å². The maximum absolute atomic E-state index is 11.3. The predicted octanol–water partition coefficient (Wildman–Crippen LogP) is -0.706. The molecule has 0 aromatic carbocycles. The molecule has 1 aliphatic carbocycles. The highest BCUT2D eigenvalue weighted by Crippen LogP contribution is 2.45. The van der Waals surface area contributed by atoms with Crippen molar-refractivity contribution in [3.05, 3.63) is 16.6 Å². The van der Waals surface area contributed by atoms with Gasteiger partial charge in [0, 0.05) is 24.0 Å². The lowest BCUT2D eigenvalue weighted by molar-refractivity contribution is -0.808. The van der Waals surface area contributed by atoms with Gasteiger partial charge in [0.05, 0.1) is 6.04 Å². The maximum Gasteiger partial charge on any atom is 0.254 e. The van der Waals surface area contributed by atoms with E-state index in [4.69, 9.17) is 0 Å². The summed E-state index contributed by atoms with van der Waals surface area (Å²) in [7, 11) is 0. The van der Waals surface area contributed by atoms with Gasteiger partial charge < -0.3 is 15.5 Å². The van der Waals surface area contributed by atoms with E-state index in [1.54, 1.807) is 0 Å². The van der Waals surface area contributed by atoms with Crippen LogP contribution in [0.2, 0.25) is 0 Å². The topological polar surface area (TPSA) is 96.7 Å². The number of fused-ring (bicyclic) bond motifs is 3. The Bertz CT molecular complexity index is 434. The monoisotopic (exact) mass is 227 g/mol. The van der Waals surface area contributed by atoms with E-state index in [1.807, 2.05) is 6.92 Å². The minimum atomic E-state index is -1.26. The first kappa shape index (κ1) is 10.0. The second kappa shape index (κ2) is 2.93. The van der Waals surface area contributed by atoms with Crippen LogP contribution >= 0.6 is 0 Å². The molecule has 1 saturated heterocycles. The van der Waals surface area contributed by atoms with Crippen LogP contribution in [0.4, 0.5) is 0 Å². The van der Waals surface area contributed by atoms with Gasteiger partial charge in [-0.15, -0.1) is 0 Å². The molecule has 1 aromatic rings. The first-order chi connectivity index (χ1) is 7.54. The Morgan fingerprint density at radius 3 is 3.19 bits per heavy atom. The SMILES string of the molecule is C[C@@H]1C[C@]2(O)c3no[n+]([O-])c3CC[C@@H]2N1O. The zero-order valence-electron chi connectivity index (χ0n) is 8.83. The average Bonchev–Trinajstić information content (AvgIpc) is 2.70. The zero-order valence-corrected chi connectivity index (χ0v) is 8.83. The molecule has 0 spiro atoms. The maximum atomic E-state index is 11.3. The highest BCUT2D eigenvalue weighted by molar-refractivity contribution is 5.24. The van der Waals surface area contributed by atoms with Crippen LogP contribution in [0.3, 0.4) is 0 Å². The first-order valence-corrected chi connectivity index (χ1v) is 5.32. The summed E-state index contributed by atoms with van der Waals surface area (Å²) in [6.07, 6.45) is 1.33. The minimum Gasteiger partial charge on any atom is -0.379 e. The third-order valence-corrected chi connectivity index (χ3v) is 3.69. The molecule has 0 saturated carbocycles. The van der Waals surface area contributed by atoms with Gasteiger partial charge in [0.2, 0.25) is 5.69 Å². The van der Waals surface area contributed by atoms with Gasteiger partial charge in [-0.3, -0.25) is 4.63 Å². The normalized spacial score (nSPS) is 38.4. The Kier molecular flexibility index (Phi) is 1.84. The van der Waals surface area contributed by atoms with Gasteiger partial charge >= 0.3 is 0 Å². The number of nitrogens with zero attached hydrogens (tertiary/aromatic N) is 3. The fraction of sp³-hybridized carbons (Fsp3) is 0.778. The molecule has 16 heavy (non-hydrogen) atoms. The lowest BCUT2D eigenvalue weighted by Gasteiger charge is -2.31. The van der Waals surface area contributed by atoms with Gasteiger partial charge in [-0.25, -0.2) is 0 Å². The molecule has 1 aliphatic heterocycles. The van der Waals surface area contributed by atoms with Crippen LogP contribution in [0.1, 0.15) is 31.2 Å².